The van der Waals surface area contributed by atoms with Crippen molar-refractivity contribution in [2.24, 2.45) is 5.92 Å². The minimum Gasteiger partial charge on any atom is -0.349 e. The van der Waals surface area contributed by atoms with E-state index in [0.29, 0.717) is 6.54 Å². The van der Waals surface area contributed by atoms with Gasteiger partial charge in [0.15, 0.2) is 0 Å². The molecule has 134 valence electrons. The van der Waals surface area contributed by atoms with Crippen molar-refractivity contribution < 1.29 is 13.2 Å². The molecular weight excluding hydrogens is 324 g/mol. The number of carbonyl (C=O) groups excluding carboxylic acids is 1. The monoisotopic (exact) mass is 352 g/mol. The Labute approximate surface area is 145 Å². The Hall–Kier alpha value is -1.40. The summed E-state index contributed by atoms with van der Waals surface area (Å²) in [4.78, 5) is 12.6. The largest absolute Gasteiger partial charge is 0.349 e. The van der Waals surface area contributed by atoms with Crippen LogP contribution in [-0.4, -0.2) is 38.0 Å². The third kappa shape index (κ3) is 4.36. The van der Waals surface area contributed by atoms with Crippen molar-refractivity contribution in [3.05, 3.63) is 34.4 Å². The molecule has 2 rings (SSSR count). The predicted molar refractivity (Wildman–Crippen MR) is 96.4 cm³/mol. The molecule has 1 aromatic rings. The molecule has 24 heavy (non-hydrogen) atoms. The van der Waals surface area contributed by atoms with Gasteiger partial charge in [-0.1, -0.05) is 12.1 Å². The maximum Gasteiger partial charge on any atom is 0.224 e. The molecule has 0 bridgehead atoms. The average Bonchev–Trinajstić information content (AvgIpc) is 2.50. The van der Waals surface area contributed by atoms with Crippen LogP contribution in [0.25, 0.3) is 0 Å². The quantitative estimate of drug-likeness (QED) is 0.905. The first-order valence-electron chi connectivity index (χ1n) is 8.43. The number of hydrogen-bond acceptors (Lipinski definition) is 3. The Morgan fingerprint density at radius 2 is 1.83 bits per heavy atom. The van der Waals surface area contributed by atoms with E-state index >= 15 is 0 Å². The van der Waals surface area contributed by atoms with Crippen molar-refractivity contribution in [1.82, 2.24) is 9.62 Å². The molecule has 6 heteroatoms. The minimum absolute atomic E-state index is 0.0616. The van der Waals surface area contributed by atoms with Crippen LogP contribution in [0.4, 0.5) is 0 Å². The number of amides is 1. The highest BCUT2D eigenvalue weighted by atomic mass is 32.2. The number of rotatable bonds is 4. The van der Waals surface area contributed by atoms with Crippen molar-refractivity contribution in [3.63, 3.8) is 0 Å². The molecular formula is C18H28N2O3S. The van der Waals surface area contributed by atoms with Crippen LogP contribution in [0.5, 0.6) is 0 Å². The molecule has 0 aliphatic carbocycles. The molecule has 1 saturated heterocycles. The molecule has 1 aromatic carbocycles. The number of hydrogen-bond donors (Lipinski definition) is 1. The van der Waals surface area contributed by atoms with E-state index in [4.69, 9.17) is 0 Å². The lowest BCUT2D eigenvalue weighted by atomic mass is 9.95. The Balaban J connectivity index is 2.08. The van der Waals surface area contributed by atoms with Crippen molar-refractivity contribution >= 4 is 15.9 Å². The van der Waals surface area contributed by atoms with Crippen LogP contribution in [0.2, 0.25) is 0 Å². The molecule has 1 heterocycles. The fourth-order valence-corrected chi connectivity index (χ4v) is 4.23. The molecule has 0 radical (unpaired) electrons. The summed E-state index contributed by atoms with van der Waals surface area (Å²) in [6, 6.07) is 4.17. The van der Waals surface area contributed by atoms with E-state index in [9.17, 15) is 13.2 Å². The van der Waals surface area contributed by atoms with E-state index in [-0.39, 0.29) is 24.4 Å². The molecule has 5 nitrogen and oxygen atoms in total. The first kappa shape index (κ1) is 18.9. The molecule has 1 fully saturated rings. The number of piperidine rings is 1. The summed E-state index contributed by atoms with van der Waals surface area (Å²) in [5.74, 6) is -0.337. The third-order valence-corrected chi connectivity index (χ3v) is 6.20. The van der Waals surface area contributed by atoms with Gasteiger partial charge in [0.05, 0.1) is 18.2 Å². The summed E-state index contributed by atoms with van der Waals surface area (Å²) in [6.45, 7) is 8.97. The molecule has 0 spiro atoms. The van der Waals surface area contributed by atoms with Crippen LogP contribution < -0.4 is 5.32 Å². The zero-order valence-corrected chi connectivity index (χ0v) is 16.0. The van der Waals surface area contributed by atoms with Crippen molar-refractivity contribution in [1.29, 1.82) is 0 Å². The maximum absolute atomic E-state index is 12.6. The molecule has 1 aliphatic rings. The summed E-state index contributed by atoms with van der Waals surface area (Å²) in [5.41, 5.74) is 4.72. The van der Waals surface area contributed by atoms with Crippen LogP contribution in [0.1, 0.15) is 48.1 Å². The Morgan fingerprint density at radius 3 is 2.46 bits per heavy atom. The van der Waals surface area contributed by atoms with Gasteiger partial charge in [0.1, 0.15) is 0 Å². The van der Waals surface area contributed by atoms with Crippen molar-refractivity contribution in [2.75, 3.05) is 19.3 Å². The standard InChI is InChI=1S/C18H28N2O3S/c1-12-9-14(3)17(10-13(12)2)15(4)19-18(21)16-7-6-8-20(11-16)24(5,22)23/h9-10,15-16H,6-8,11H2,1-5H3,(H,19,21)/t15-,16-/m1/s1. The fourth-order valence-electron chi connectivity index (χ4n) is 3.32. The van der Waals surface area contributed by atoms with Gasteiger partial charge in [-0.2, -0.15) is 0 Å². The Kier molecular flexibility index (Phi) is 5.71. The van der Waals surface area contributed by atoms with Gasteiger partial charge in [0, 0.05) is 13.1 Å². The van der Waals surface area contributed by atoms with Gasteiger partial charge in [-0.3, -0.25) is 4.79 Å². The second-order valence-corrected chi connectivity index (χ2v) is 8.97. The molecule has 1 N–H and O–H groups in total. The first-order valence-corrected chi connectivity index (χ1v) is 10.3. The molecule has 0 aromatic heterocycles. The third-order valence-electron chi connectivity index (χ3n) is 4.93. The lowest BCUT2D eigenvalue weighted by Crippen LogP contribution is -2.45. The van der Waals surface area contributed by atoms with Gasteiger partial charge < -0.3 is 5.32 Å². The van der Waals surface area contributed by atoms with E-state index in [0.717, 1.165) is 24.0 Å². The Morgan fingerprint density at radius 1 is 1.21 bits per heavy atom. The highest BCUT2D eigenvalue weighted by Crippen LogP contribution is 2.24. The summed E-state index contributed by atoms with van der Waals surface area (Å²) in [5, 5.41) is 3.06. The van der Waals surface area contributed by atoms with Gasteiger partial charge in [0.2, 0.25) is 15.9 Å². The number of sulfonamides is 1. The topological polar surface area (TPSA) is 66.5 Å². The van der Waals surface area contributed by atoms with E-state index in [1.165, 1.54) is 21.7 Å². The molecule has 1 amide bonds. The van der Waals surface area contributed by atoms with Crippen LogP contribution in [0.3, 0.4) is 0 Å². The van der Waals surface area contributed by atoms with Crippen molar-refractivity contribution in [3.8, 4) is 0 Å². The normalized spacial score (nSPS) is 20.6. The van der Waals surface area contributed by atoms with E-state index < -0.39 is 10.0 Å². The summed E-state index contributed by atoms with van der Waals surface area (Å²) < 4.78 is 24.8. The van der Waals surface area contributed by atoms with Gasteiger partial charge in [-0.25, -0.2) is 12.7 Å². The number of nitrogens with zero attached hydrogens (tertiary/aromatic N) is 1. The highest BCUT2D eigenvalue weighted by Gasteiger charge is 2.30. The molecule has 0 saturated carbocycles. The fraction of sp³-hybridized carbons (Fsp3) is 0.611. The van der Waals surface area contributed by atoms with Gasteiger partial charge >= 0.3 is 0 Å². The second-order valence-electron chi connectivity index (χ2n) is 6.98. The van der Waals surface area contributed by atoms with E-state index in [1.807, 2.05) is 6.92 Å². The number of carbonyl (C=O) groups is 1. The van der Waals surface area contributed by atoms with Crippen LogP contribution >= 0.6 is 0 Å². The minimum atomic E-state index is -3.24. The van der Waals surface area contributed by atoms with Gasteiger partial charge in [-0.15, -0.1) is 0 Å². The first-order chi connectivity index (χ1) is 11.1. The lowest BCUT2D eigenvalue weighted by Gasteiger charge is -2.31. The molecule has 2 atom stereocenters. The zero-order valence-electron chi connectivity index (χ0n) is 15.2. The lowest BCUT2D eigenvalue weighted by molar-refractivity contribution is -0.126. The van der Waals surface area contributed by atoms with E-state index in [1.54, 1.807) is 0 Å². The van der Waals surface area contributed by atoms with Gasteiger partial charge in [0.25, 0.3) is 0 Å². The predicted octanol–water partition coefficient (Wildman–Crippen LogP) is 2.46. The summed E-state index contributed by atoms with van der Waals surface area (Å²) in [6.07, 6.45) is 2.66. The number of nitrogens with one attached hydrogen (secondary N) is 1. The zero-order chi connectivity index (χ0) is 18.1. The number of benzene rings is 1. The van der Waals surface area contributed by atoms with Crippen LogP contribution in [-0.2, 0) is 14.8 Å². The molecule has 1 aliphatic heterocycles. The average molecular weight is 353 g/mol. The smallest absolute Gasteiger partial charge is 0.224 e. The number of aryl methyl sites for hydroxylation is 3. The van der Waals surface area contributed by atoms with Crippen LogP contribution in [0.15, 0.2) is 12.1 Å². The van der Waals surface area contributed by atoms with E-state index in [2.05, 4.69) is 38.2 Å². The highest BCUT2D eigenvalue weighted by molar-refractivity contribution is 7.88. The van der Waals surface area contributed by atoms with Gasteiger partial charge in [-0.05, 0) is 62.8 Å². The molecule has 0 unspecified atom stereocenters. The SMILES string of the molecule is Cc1cc(C)c([C@@H](C)NC(=O)[C@@H]2CCCN(S(C)(=O)=O)C2)cc1C. The van der Waals surface area contributed by atoms with Crippen molar-refractivity contribution in [2.45, 2.75) is 46.6 Å². The van der Waals surface area contributed by atoms with Crippen LogP contribution in [0, 0.1) is 26.7 Å². The maximum atomic E-state index is 12.6. The summed E-state index contributed by atoms with van der Waals surface area (Å²) in [7, 11) is -3.24. The summed E-state index contributed by atoms with van der Waals surface area (Å²) >= 11 is 0. The second kappa shape index (κ2) is 7.23. The Bertz CT molecular complexity index is 728.